The molecule has 0 radical (unpaired) electrons. The highest BCUT2D eigenvalue weighted by Gasteiger charge is 2.20. The largest absolute Gasteiger partial charge is 0.396 e. The average Bonchev–Trinajstić information content (AvgIpc) is 2.55. The van der Waals surface area contributed by atoms with Gasteiger partial charge in [-0.3, -0.25) is 4.99 Å². The molecular formula is C14H15NO. The summed E-state index contributed by atoms with van der Waals surface area (Å²) in [5.74, 6) is 0.303. The number of rotatable bonds is 1. The number of nitrogens with zero attached hydrogens (tertiary/aromatic N) is 1. The van der Waals surface area contributed by atoms with Crippen molar-refractivity contribution in [3.8, 4) is 0 Å². The molecule has 1 unspecified atom stereocenters. The third-order valence-corrected chi connectivity index (χ3v) is 3.60. The van der Waals surface area contributed by atoms with E-state index in [0.29, 0.717) is 5.92 Å². The van der Waals surface area contributed by atoms with Crippen LogP contribution in [0, 0.1) is 5.92 Å². The Labute approximate surface area is 94.6 Å². The summed E-state index contributed by atoms with van der Waals surface area (Å²) >= 11 is 0. The maximum Gasteiger partial charge on any atom is 0.0612 e. The van der Waals surface area contributed by atoms with Crippen molar-refractivity contribution < 1.29 is 5.11 Å². The van der Waals surface area contributed by atoms with Crippen LogP contribution in [0.4, 0.5) is 0 Å². The van der Waals surface area contributed by atoms with E-state index in [1.165, 1.54) is 21.6 Å². The molecule has 82 valence electrons. The summed E-state index contributed by atoms with van der Waals surface area (Å²) in [7, 11) is 0. The molecule has 1 aromatic carbocycles. The van der Waals surface area contributed by atoms with Crippen LogP contribution in [0.15, 0.2) is 23.2 Å². The fourth-order valence-electron chi connectivity index (χ4n) is 2.76. The molecule has 0 amide bonds. The molecule has 3 rings (SSSR count). The lowest BCUT2D eigenvalue weighted by atomic mass is 9.84. The molecule has 2 heteroatoms. The fraction of sp³-hybridized carbons (Fsp3) is 0.357. The maximum absolute atomic E-state index is 9.44. The molecule has 0 fully saturated rings. The van der Waals surface area contributed by atoms with Crippen molar-refractivity contribution in [2.75, 3.05) is 13.2 Å². The normalized spacial score (nSPS) is 22.3. The molecule has 0 saturated heterocycles. The number of aliphatic imine (C=N–C) groups is 1. The van der Waals surface area contributed by atoms with Crippen LogP contribution in [0.25, 0.3) is 11.6 Å². The van der Waals surface area contributed by atoms with E-state index >= 15 is 0 Å². The van der Waals surface area contributed by atoms with Gasteiger partial charge in [-0.25, -0.2) is 0 Å². The van der Waals surface area contributed by atoms with Crippen molar-refractivity contribution in [2.45, 2.75) is 12.8 Å². The molecule has 0 spiro atoms. The van der Waals surface area contributed by atoms with Gasteiger partial charge in [0.2, 0.25) is 0 Å². The van der Waals surface area contributed by atoms with E-state index in [1.807, 2.05) is 6.21 Å². The van der Waals surface area contributed by atoms with Gasteiger partial charge in [0.05, 0.1) is 6.54 Å². The topological polar surface area (TPSA) is 32.6 Å². The first-order valence-corrected chi connectivity index (χ1v) is 5.82. The smallest absolute Gasteiger partial charge is 0.0612 e. The van der Waals surface area contributed by atoms with Gasteiger partial charge in [-0.1, -0.05) is 18.2 Å². The third-order valence-electron chi connectivity index (χ3n) is 3.60. The number of aliphatic hydroxyl groups excluding tert-OH is 1. The molecule has 0 saturated carbocycles. The molecule has 1 aliphatic carbocycles. The van der Waals surface area contributed by atoms with Crippen molar-refractivity contribution >= 4 is 17.9 Å². The summed E-state index contributed by atoms with van der Waals surface area (Å²) < 4.78 is 0. The first kappa shape index (κ1) is 9.79. The lowest BCUT2D eigenvalue weighted by Crippen LogP contribution is -2.37. The second kappa shape index (κ2) is 3.87. The van der Waals surface area contributed by atoms with Crippen molar-refractivity contribution in [1.29, 1.82) is 0 Å². The fourth-order valence-corrected chi connectivity index (χ4v) is 2.76. The number of hydrogen-bond donors (Lipinski definition) is 1. The van der Waals surface area contributed by atoms with Crippen molar-refractivity contribution in [3.05, 3.63) is 34.2 Å². The number of benzene rings is 1. The minimum absolute atomic E-state index is 0.249. The van der Waals surface area contributed by atoms with E-state index in [1.54, 1.807) is 0 Å². The standard InChI is InChI=1S/C14H15NO/c16-9-12-5-4-10-2-1-3-11-6-7-15-8-13(12)14(10)11/h1-3,6-7,12,16H,4-5,8-9H2. The summed E-state index contributed by atoms with van der Waals surface area (Å²) in [5.41, 5.74) is 2.74. The second-order valence-corrected chi connectivity index (χ2v) is 4.48. The van der Waals surface area contributed by atoms with Gasteiger partial charge in [-0.05, 0) is 40.5 Å². The predicted octanol–water partition coefficient (Wildman–Crippen LogP) is 0.257. The molecule has 1 heterocycles. The van der Waals surface area contributed by atoms with E-state index in [4.69, 9.17) is 0 Å². The van der Waals surface area contributed by atoms with Gasteiger partial charge >= 0.3 is 0 Å². The van der Waals surface area contributed by atoms with Crippen molar-refractivity contribution in [2.24, 2.45) is 10.9 Å². The molecule has 1 atom stereocenters. The molecule has 1 N–H and O–H groups in total. The van der Waals surface area contributed by atoms with E-state index in [2.05, 4.69) is 29.3 Å². The third kappa shape index (κ3) is 1.41. The first-order chi connectivity index (χ1) is 7.90. The van der Waals surface area contributed by atoms with Crippen molar-refractivity contribution in [1.82, 2.24) is 0 Å². The van der Waals surface area contributed by atoms with E-state index in [0.717, 1.165) is 19.4 Å². The molecule has 0 bridgehead atoms. The Hall–Kier alpha value is -1.41. The molecule has 16 heavy (non-hydrogen) atoms. The highest BCUT2D eigenvalue weighted by atomic mass is 16.3. The van der Waals surface area contributed by atoms with Gasteiger partial charge in [0, 0.05) is 18.7 Å². The summed E-state index contributed by atoms with van der Waals surface area (Å²) in [6.45, 7) is 0.990. The van der Waals surface area contributed by atoms with Crippen LogP contribution < -0.4 is 10.4 Å². The Kier molecular flexibility index (Phi) is 2.37. The monoisotopic (exact) mass is 213 g/mol. The lowest BCUT2D eigenvalue weighted by Gasteiger charge is -2.23. The Balaban J connectivity index is 2.38. The Morgan fingerprint density at radius 2 is 2.31 bits per heavy atom. The van der Waals surface area contributed by atoms with Gasteiger partial charge in [-0.15, -0.1) is 0 Å². The summed E-state index contributed by atoms with van der Waals surface area (Å²) in [6, 6.07) is 6.45. The summed E-state index contributed by atoms with van der Waals surface area (Å²) in [5, 5.41) is 12.1. The zero-order valence-corrected chi connectivity index (χ0v) is 9.19. The SMILES string of the molecule is OCC1CCc2cccc3c2=C1CN=CC=3. The minimum atomic E-state index is 0.249. The van der Waals surface area contributed by atoms with Crippen molar-refractivity contribution in [3.63, 3.8) is 0 Å². The molecular weight excluding hydrogens is 198 g/mol. The zero-order chi connectivity index (χ0) is 11.0. The Bertz CT molecular complexity index is 557. The highest BCUT2D eigenvalue weighted by Crippen LogP contribution is 2.21. The summed E-state index contributed by atoms with van der Waals surface area (Å²) in [6.07, 6.45) is 6.09. The Morgan fingerprint density at radius 3 is 3.19 bits per heavy atom. The van der Waals surface area contributed by atoms with Crippen LogP contribution in [0.1, 0.15) is 12.0 Å². The van der Waals surface area contributed by atoms with Crippen LogP contribution in [-0.2, 0) is 6.42 Å². The van der Waals surface area contributed by atoms with Gasteiger partial charge < -0.3 is 5.11 Å². The molecule has 0 aromatic heterocycles. The molecule has 1 aromatic rings. The summed E-state index contributed by atoms with van der Waals surface area (Å²) in [4.78, 5) is 4.38. The van der Waals surface area contributed by atoms with Gasteiger partial charge in [0.1, 0.15) is 0 Å². The van der Waals surface area contributed by atoms with Gasteiger partial charge in [-0.2, -0.15) is 0 Å². The minimum Gasteiger partial charge on any atom is -0.396 e. The number of aryl methyl sites for hydroxylation is 1. The van der Waals surface area contributed by atoms with Gasteiger partial charge in [0.15, 0.2) is 0 Å². The van der Waals surface area contributed by atoms with Crippen LogP contribution in [0.5, 0.6) is 0 Å². The molecule has 2 nitrogen and oxygen atoms in total. The van der Waals surface area contributed by atoms with Gasteiger partial charge in [0.25, 0.3) is 0 Å². The van der Waals surface area contributed by atoms with Crippen LogP contribution in [0.3, 0.4) is 0 Å². The van der Waals surface area contributed by atoms with E-state index < -0.39 is 0 Å². The Morgan fingerprint density at radius 1 is 1.38 bits per heavy atom. The predicted molar refractivity (Wildman–Crippen MR) is 65.8 cm³/mol. The maximum atomic E-state index is 9.44. The average molecular weight is 213 g/mol. The zero-order valence-electron chi connectivity index (χ0n) is 9.19. The quantitative estimate of drug-likeness (QED) is 0.713. The molecule has 2 aliphatic rings. The number of hydrogen-bond acceptors (Lipinski definition) is 2. The lowest BCUT2D eigenvalue weighted by molar-refractivity contribution is 0.247. The first-order valence-electron chi connectivity index (χ1n) is 5.82. The van der Waals surface area contributed by atoms with E-state index in [9.17, 15) is 5.11 Å². The van der Waals surface area contributed by atoms with E-state index in [-0.39, 0.29) is 6.61 Å². The number of aliphatic hydroxyl groups is 1. The van der Waals surface area contributed by atoms with Crippen LogP contribution in [0.2, 0.25) is 0 Å². The molecule has 1 aliphatic heterocycles. The highest BCUT2D eigenvalue weighted by molar-refractivity contribution is 5.92. The second-order valence-electron chi connectivity index (χ2n) is 4.48. The van der Waals surface area contributed by atoms with Crippen LogP contribution in [-0.4, -0.2) is 24.5 Å². The van der Waals surface area contributed by atoms with Crippen LogP contribution >= 0.6 is 0 Å².